The number of rotatable bonds is 8. The third-order valence-corrected chi connectivity index (χ3v) is 4.89. The normalized spacial score (nSPS) is 10.7. The predicted molar refractivity (Wildman–Crippen MR) is 100 cm³/mol. The summed E-state index contributed by atoms with van der Waals surface area (Å²) >= 11 is 0. The van der Waals surface area contributed by atoms with Crippen LogP contribution in [-0.4, -0.2) is 35.2 Å². The van der Waals surface area contributed by atoms with E-state index in [0.29, 0.717) is 23.7 Å². The predicted octanol–water partition coefficient (Wildman–Crippen LogP) is 2.88. The fourth-order valence-electron chi connectivity index (χ4n) is 2.19. The number of hydrogen-bond donors (Lipinski definition) is 2. The fourth-order valence-corrected chi connectivity index (χ4v) is 3.46. The van der Waals surface area contributed by atoms with Crippen molar-refractivity contribution < 1.29 is 22.7 Å². The van der Waals surface area contributed by atoms with Crippen molar-refractivity contribution in [3.8, 4) is 5.75 Å². The van der Waals surface area contributed by atoms with E-state index in [4.69, 9.17) is 4.74 Å². The number of methoxy groups -OCH3 is 2. The molecule has 0 heterocycles. The van der Waals surface area contributed by atoms with Gasteiger partial charge in [0.2, 0.25) is 0 Å². The van der Waals surface area contributed by atoms with Gasteiger partial charge in [-0.3, -0.25) is 4.72 Å². The average Bonchev–Trinajstić information content (AvgIpc) is 2.65. The molecular formula is C18H20N2O5S. The van der Waals surface area contributed by atoms with E-state index in [-0.39, 0.29) is 10.5 Å². The number of nitrogens with one attached hydrogen (secondary N) is 2. The number of sulfonamides is 1. The van der Waals surface area contributed by atoms with Crippen LogP contribution in [0, 0.1) is 0 Å². The molecule has 2 aromatic carbocycles. The highest BCUT2D eigenvalue weighted by molar-refractivity contribution is 7.92. The Morgan fingerprint density at radius 3 is 2.42 bits per heavy atom. The summed E-state index contributed by atoms with van der Waals surface area (Å²) in [5, 5.41) is 2.95. The largest absolute Gasteiger partial charge is 0.497 e. The molecule has 7 nitrogen and oxygen atoms in total. The standard InChI is InChI=1S/C18H20N2O5S/c1-4-11-19-16-10-5-13(18(21)25-3)12-17(16)26(22,23)20-14-6-8-15(24-2)9-7-14/h4-10,12,19-20H,1,11H2,2-3H3. The zero-order chi connectivity index (χ0) is 19.2. The molecule has 0 spiro atoms. The molecule has 0 amide bonds. The average molecular weight is 376 g/mol. The molecule has 138 valence electrons. The van der Waals surface area contributed by atoms with Crippen LogP contribution in [0.2, 0.25) is 0 Å². The maximum Gasteiger partial charge on any atom is 0.337 e. The van der Waals surface area contributed by atoms with Gasteiger partial charge in [-0.25, -0.2) is 13.2 Å². The van der Waals surface area contributed by atoms with Gasteiger partial charge in [-0.05, 0) is 42.5 Å². The second-order valence-electron chi connectivity index (χ2n) is 5.21. The van der Waals surface area contributed by atoms with Gasteiger partial charge in [0.1, 0.15) is 10.6 Å². The van der Waals surface area contributed by atoms with Crippen LogP contribution < -0.4 is 14.8 Å². The zero-order valence-electron chi connectivity index (χ0n) is 14.5. The summed E-state index contributed by atoms with van der Waals surface area (Å²) in [4.78, 5) is 11.7. The molecule has 0 fully saturated rings. The number of esters is 1. The second kappa shape index (κ2) is 8.39. The van der Waals surface area contributed by atoms with Crippen molar-refractivity contribution in [2.24, 2.45) is 0 Å². The lowest BCUT2D eigenvalue weighted by Crippen LogP contribution is -2.16. The Balaban J connectivity index is 2.42. The molecule has 2 aromatic rings. The second-order valence-corrected chi connectivity index (χ2v) is 6.86. The Kier molecular flexibility index (Phi) is 6.24. The third-order valence-electron chi connectivity index (χ3n) is 3.47. The van der Waals surface area contributed by atoms with Crippen molar-refractivity contribution in [1.82, 2.24) is 0 Å². The van der Waals surface area contributed by atoms with Crippen LogP contribution in [0.1, 0.15) is 10.4 Å². The minimum absolute atomic E-state index is 0.0712. The molecular weight excluding hydrogens is 356 g/mol. The van der Waals surface area contributed by atoms with E-state index < -0.39 is 16.0 Å². The summed E-state index contributed by atoms with van der Waals surface area (Å²) < 4.78 is 37.9. The van der Waals surface area contributed by atoms with E-state index >= 15 is 0 Å². The summed E-state index contributed by atoms with van der Waals surface area (Å²) in [7, 11) is -1.20. The number of hydrogen-bond acceptors (Lipinski definition) is 6. The maximum absolute atomic E-state index is 12.8. The molecule has 0 aromatic heterocycles. The molecule has 0 saturated carbocycles. The van der Waals surface area contributed by atoms with E-state index in [9.17, 15) is 13.2 Å². The van der Waals surface area contributed by atoms with Crippen molar-refractivity contribution in [2.75, 3.05) is 30.8 Å². The van der Waals surface area contributed by atoms with E-state index in [2.05, 4.69) is 21.4 Å². The summed E-state index contributed by atoms with van der Waals surface area (Å²) in [5.41, 5.74) is 0.842. The summed E-state index contributed by atoms with van der Waals surface area (Å²) in [5.74, 6) is -0.0184. The molecule has 0 saturated heterocycles. The van der Waals surface area contributed by atoms with Crippen molar-refractivity contribution in [3.63, 3.8) is 0 Å². The molecule has 0 aliphatic heterocycles. The molecule has 0 aliphatic carbocycles. The Morgan fingerprint density at radius 1 is 1.15 bits per heavy atom. The molecule has 26 heavy (non-hydrogen) atoms. The third kappa shape index (κ3) is 4.54. The van der Waals surface area contributed by atoms with Gasteiger partial charge in [0.05, 0.1) is 25.5 Å². The molecule has 0 aliphatic rings. The lowest BCUT2D eigenvalue weighted by atomic mass is 10.2. The van der Waals surface area contributed by atoms with Gasteiger partial charge in [0, 0.05) is 12.2 Å². The Labute approximate surface area is 152 Å². The van der Waals surface area contributed by atoms with Crippen LogP contribution in [0.3, 0.4) is 0 Å². The monoisotopic (exact) mass is 376 g/mol. The fraction of sp³-hybridized carbons (Fsp3) is 0.167. The molecule has 0 bridgehead atoms. The van der Waals surface area contributed by atoms with Gasteiger partial charge >= 0.3 is 5.97 Å². The molecule has 0 unspecified atom stereocenters. The smallest absolute Gasteiger partial charge is 0.337 e. The minimum Gasteiger partial charge on any atom is -0.497 e. The van der Waals surface area contributed by atoms with Crippen LogP contribution in [0.15, 0.2) is 60.0 Å². The first kappa shape index (κ1) is 19.3. The van der Waals surface area contributed by atoms with E-state index in [1.54, 1.807) is 30.3 Å². The summed E-state index contributed by atoms with van der Waals surface area (Å²) in [6.07, 6.45) is 1.60. The van der Waals surface area contributed by atoms with Gasteiger partial charge in [0.15, 0.2) is 0 Å². The van der Waals surface area contributed by atoms with Gasteiger partial charge in [0.25, 0.3) is 10.0 Å². The Bertz CT molecular complexity index is 892. The van der Waals surface area contributed by atoms with Crippen LogP contribution in [-0.2, 0) is 14.8 Å². The summed E-state index contributed by atoms with van der Waals surface area (Å²) in [6, 6.07) is 10.7. The maximum atomic E-state index is 12.8. The molecule has 2 rings (SSSR count). The van der Waals surface area contributed by atoms with Gasteiger partial charge in [-0.1, -0.05) is 6.08 Å². The first-order valence-electron chi connectivity index (χ1n) is 7.65. The molecule has 0 radical (unpaired) electrons. The lowest BCUT2D eigenvalue weighted by molar-refractivity contribution is 0.0600. The number of anilines is 2. The molecule has 0 atom stereocenters. The van der Waals surface area contributed by atoms with Crippen molar-refractivity contribution in [2.45, 2.75) is 4.90 Å². The van der Waals surface area contributed by atoms with Gasteiger partial charge < -0.3 is 14.8 Å². The van der Waals surface area contributed by atoms with Gasteiger partial charge in [-0.15, -0.1) is 6.58 Å². The number of ether oxygens (including phenoxy) is 2. The SMILES string of the molecule is C=CCNc1ccc(C(=O)OC)cc1S(=O)(=O)Nc1ccc(OC)cc1. The topological polar surface area (TPSA) is 93.7 Å². The minimum atomic E-state index is -3.95. The first-order chi connectivity index (χ1) is 12.4. The highest BCUT2D eigenvalue weighted by atomic mass is 32.2. The summed E-state index contributed by atoms with van der Waals surface area (Å²) in [6.45, 7) is 3.96. The van der Waals surface area contributed by atoms with Crippen molar-refractivity contribution in [1.29, 1.82) is 0 Å². The van der Waals surface area contributed by atoms with E-state index in [1.807, 2.05) is 0 Å². The Hall–Kier alpha value is -3.00. The highest BCUT2D eigenvalue weighted by Crippen LogP contribution is 2.26. The zero-order valence-corrected chi connectivity index (χ0v) is 15.3. The van der Waals surface area contributed by atoms with Crippen LogP contribution in [0.5, 0.6) is 5.75 Å². The number of carbonyl (C=O) groups is 1. The van der Waals surface area contributed by atoms with Crippen molar-refractivity contribution >= 4 is 27.4 Å². The van der Waals surface area contributed by atoms with Crippen LogP contribution >= 0.6 is 0 Å². The number of carbonyl (C=O) groups excluding carboxylic acids is 1. The molecule has 8 heteroatoms. The van der Waals surface area contributed by atoms with Crippen molar-refractivity contribution in [3.05, 3.63) is 60.7 Å². The van der Waals surface area contributed by atoms with E-state index in [1.165, 1.54) is 32.4 Å². The highest BCUT2D eigenvalue weighted by Gasteiger charge is 2.21. The Morgan fingerprint density at radius 2 is 1.85 bits per heavy atom. The first-order valence-corrected chi connectivity index (χ1v) is 9.13. The van der Waals surface area contributed by atoms with E-state index in [0.717, 1.165) is 0 Å². The van der Waals surface area contributed by atoms with Gasteiger partial charge in [-0.2, -0.15) is 0 Å². The van der Waals surface area contributed by atoms with Crippen LogP contribution in [0.25, 0.3) is 0 Å². The quantitative estimate of drug-likeness (QED) is 0.543. The lowest BCUT2D eigenvalue weighted by Gasteiger charge is -2.14. The van der Waals surface area contributed by atoms with Crippen LogP contribution in [0.4, 0.5) is 11.4 Å². The molecule has 2 N–H and O–H groups in total. The number of benzene rings is 2.